The summed E-state index contributed by atoms with van der Waals surface area (Å²) < 4.78 is 43.5. The Labute approximate surface area is 200 Å². The van der Waals surface area contributed by atoms with Gasteiger partial charge >= 0.3 is 15.6 Å². The molecular formula is C15H23N5O14P2. The Hall–Kier alpha value is -1.67. The number of phosphoric ester groups is 2. The van der Waals surface area contributed by atoms with Crippen molar-refractivity contribution in [3.8, 4) is 0 Å². The average Bonchev–Trinajstić information content (AvgIpc) is 3.41. The summed E-state index contributed by atoms with van der Waals surface area (Å²) in [5.74, 6) is 0. The summed E-state index contributed by atoms with van der Waals surface area (Å²) >= 11 is 0. The highest BCUT2D eigenvalue weighted by atomic mass is 31.2. The first-order valence-corrected chi connectivity index (χ1v) is 13.2. The number of imidazole rings is 1. The molecule has 0 radical (unpaired) electrons. The molecule has 0 unspecified atom stereocenters. The van der Waals surface area contributed by atoms with Gasteiger partial charge in [-0.2, -0.15) is 0 Å². The van der Waals surface area contributed by atoms with E-state index in [1.54, 1.807) is 0 Å². The summed E-state index contributed by atoms with van der Waals surface area (Å²) in [5.41, 5.74) is -0.475. The SMILES string of the molecule is N=c1c2ncn([C@@H]3O[C@H](COP(=O)(O)O)[C@@H](O)[C@H]3O)c2ncn1[C@@H]1O[C@H](COP(=O)(O)O)[C@@H](O)[C@H]1O. The van der Waals surface area contributed by atoms with Crippen LogP contribution in [0.4, 0.5) is 0 Å². The molecule has 2 aliphatic rings. The van der Waals surface area contributed by atoms with Crippen molar-refractivity contribution < 1.29 is 67.7 Å². The number of aliphatic hydroxyl groups excluding tert-OH is 4. The van der Waals surface area contributed by atoms with E-state index in [-0.39, 0.29) is 16.7 Å². The summed E-state index contributed by atoms with van der Waals surface area (Å²) in [7, 11) is -9.73. The molecule has 2 aromatic heterocycles. The minimum Gasteiger partial charge on any atom is -0.387 e. The van der Waals surface area contributed by atoms with Gasteiger partial charge in [0.25, 0.3) is 0 Å². The molecule has 4 rings (SSSR count). The number of hydrogen-bond acceptors (Lipinski definition) is 13. The van der Waals surface area contributed by atoms with E-state index in [0.29, 0.717) is 0 Å². The van der Waals surface area contributed by atoms with Crippen molar-refractivity contribution in [1.82, 2.24) is 19.1 Å². The molecule has 2 aliphatic heterocycles. The number of hydrogen-bond donors (Lipinski definition) is 9. The van der Waals surface area contributed by atoms with Crippen LogP contribution in [0.3, 0.4) is 0 Å². The van der Waals surface area contributed by atoms with Crippen LogP contribution >= 0.6 is 15.6 Å². The number of fused-ring (bicyclic) bond motifs is 1. The van der Waals surface area contributed by atoms with E-state index in [1.807, 2.05) is 0 Å². The number of ether oxygens (including phenoxy) is 2. The number of nitrogens with zero attached hydrogens (tertiary/aromatic N) is 4. The Morgan fingerprint density at radius 1 is 0.806 bits per heavy atom. The highest BCUT2D eigenvalue weighted by Crippen LogP contribution is 2.39. The summed E-state index contributed by atoms with van der Waals surface area (Å²) in [6.07, 6.45) is -9.60. The van der Waals surface area contributed by atoms with Crippen LogP contribution in [0.25, 0.3) is 11.2 Å². The van der Waals surface area contributed by atoms with Crippen LogP contribution in [0.1, 0.15) is 12.5 Å². The van der Waals surface area contributed by atoms with Gasteiger partial charge in [0, 0.05) is 0 Å². The molecule has 0 bridgehead atoms. The van der Waals surface area contributed by atoms with Gasteiger partial charge < -0.3 is 49.5 Å². The molecule has 4 heterocycles. The number of aliphatic hydroxyl groups is 4. The van der Waals surface area contributed by atoms with Crippen LogP contribution in [0.2, 0.25) is 0 Å². The molecule has 2 fully saturated rings. The lowest BCUT2D eigenvalue weighted by atomic mass is 10.1. The second-order valence-corrected chi connectivity index (χ2v) is 10.5. The molecule has 36 heavy (non-hydrogen) atoms. The maximum absolute atomic E-state index is 10.9. The van der Waals surface area contributed by atoms with Gasteiger partial charge in [0.2, 0.25) is 0 Å². The lowest BCUT2D eigenvalue weighted by molar-refractivity contribution is -0.0546. The molecule has 2 aromatic rings. The van der Waals surface area contributed by atoms with Crippen molar-refractivity contribution in [3.05, 3.63) is 18.1 Å². The standard InChI is InChI=1S/C15H23N5O14P2/c16-12-7-13(18-4-19(12)14-10(23)8(21)5(33-14)1-31-35(25,26)27)20(3-17-7)15-11(24)9(22)6(34-15)2-32-36(28,29)30/h3-6,8-11,14-16,21-24H,1-2H2,(H2,25,26,27)(H2,28,29,30)/t5-,6-,8-,9-,10-,11-,14-,15-/m1/s1. The molecule has 202 valence electrons. The predicted octanol–water partition coefficient (Wildman–Crippen LogP) is -3.83. The highest BCUT2D eigenvalue weighted by Gasteiger charge is 2.46. The predicted molar refractivity (Wildman–Crippen MR) is 109 cm³/mol. The van der Waals surface area contributed by atoms with Crippen molar-refractivity contribution in [2.75, 3.05) is 13.2 Å². The van der Waals surface area contributed by atoms with Gasteiger partial charge in [-0.3, -0.25) is 23.6 Å². The Morgan fingerprint density at radius 3 is 1.72 bits per heavy atom. The maximum atomic E-state index is 10.9. The summed E-state index contributed by atoms with van der Waals surface area (Å²) in [5, 5.41) is 49.5. The Morgan fingerprint density at radius 2 is 1.25 bits per heavy atom. The van der Waals surface area contributed by atoms with Crippen LogP contribution in [0.5, 0.6) is 0 Å². The van der Waals surface area contributed by atoms with Crippen LogP contribution in [-0.4, -0.2) is 109 Å². The summed E-state index contributed by atoms with van der Waals surface area (Å²) in [6.45, 7) is -1.47. The molecule has 0 spiro atoms. The van der Waals surface area contributed by atoms with E-state index in [1.165, 1.54) is 4.57 Å². The van der Waals surface area contributed by atoms with E-state index in [9.17, 15) is 29.6 Å². The summed E-state index contributed by atoms with van der Waals surface area (Å²) in [4.78, 5) is 43.5. The molecule has 2 saturated heterocycles. The maximum Gasteiger partial charge on any atom is 0.469 e. The first kappa shape index (κ1) is 27.4. The third-order valence-electron chi connectivity index (χ3n) is 5.59. The molecule has 19 nitrogen and oxygen atoms in total. The van der Waals surface area contributed by atoms with Gasteiger partial charge in [-0.05, 0) is 0 Å². The average molecular weight is 559 g/mol. The monoisotopic (exact) mass is 559 g/mol. The quantitative estimate of drug-likeness (QED) is 0.140. The summed E-state index contributed by atoms with van der Waals surface area (Å²) in [6, 6.07) is 0. The second-order valence-electron chi connectivity index (χ2n) is 7.99. The zero-order valence-electron chi connectivity index (χ0n) is 17.9. The lowest BCUT2D eigenvalue weighted by Crippen LogP contribution is -2.36. The third kappa shape index (κ3) is 5.45. The van der Waals surface area contributed by atoms with Gasteiger partial charge in [0.1, 0.15) is 43.0 Å². The van der Waals surface area contributed by atoms with Gasteiger partial charge in [0.05, 0.1) is 19.5 Å². The fourth-order valence-electron chi connectivity index (χ4n) is 3.86. The number of nitrogens with one attached hydrogen (secondary N) is 1. The first-order chi connectivity index (χ1) is 16.7. The van der Waals surface area contributed by atoms with Crippen molar-refractivity contribution in [3.63, 3.8) is 0 Å². The molecule has 0 saturated carbocycles. The van der Waals surface area contributed by atoms with Crippen LogP contribution in [0, 0.1) is 5.41 Å². The number of rotatable bonds is 8. The van der Waals surface area contributed by atoms with Crippen molar-refractivity contribution >= 4 is 26.8 Å². The Bertz CT molecular complexity index is 1260. The van der Waals surface area contributed by atoms with E-state index in [0.717, 1.165) is 17.2 Å². The lowest BCUT2D eigenvalue weighted by Gasteiger charge is -2.19. The fourth-order valence-corrected chi connectivity index (χ4v) is 4.54. The van der Waals surface area contributed by atoms with E-state index >= 15 is 0 Å². The Kier molecular flexibility index (Phi) is 7.52. The normalized spacial score (nSPS) is 33.6. The van der Waals surface area contributed by atoms with E-state index in [4.69, 9.17) is 34.5 Å². The number of aromatic nitrogens is 4. The largest absolute Gasteiger partial charge is 0.469 e. The fraction of sp³-hybridized carbons (Fsp3) is 0.667. The molecular weight excluding hydrogens is 536 g/mol. The van der Waals surface area contributed by atoms with Gasteiger partial charge in [0.15, 0.2) is 29.1 Å². The topological polar surface area (TPSA) is 292 Å². The number of phosphoric acid groups is 2. The molecule has 0 amide bonds. The van der Waals surface area contributed by atoms with Crippen LogP contribution < -0.4 is 5.49 Å². The molecule has 21 heteroatoms. The van der Waals surface area contributed by atoms with Crippen molar-refractivity contribution in [2.24, 2.45) is 0 Å². The highest BCUT2D eigenvalue weighted by molar-refractivity contribution is 7.46. The van der Waals surface area contributed by atoms with Gasteiger partial charge in [-0.15, -0.1) is 0 Å². The molecule has 0 aliphatic carbocycles. The van der Waals surface area contributed by atoms with Gasteiger partial charge in [-0.25, -0.2) is 19.1 Å². The van der Waals surface area contributed by atoms with Gasteiger partial charge in [-0.1, -0.05) is 0 Å². The Balaban J connectivity index is 1.57. The molecule has 9 N–H and O–H groups in total. The zero-order valence-corrected chi connectivity index (χ0v) is 19.7. The first-order valence-electron chi connectivity index (χ1n) is 10.1. The molecule has 8 atom stereocenters. The minimum absolute atomic E-state index is 0.0153. The van der Waals surface area contributed by atoms with E-state index in [2.05, 4.69) is 19.0 Å². The third-order valence-corrected chi connectivity index (χ3v) is 6.56. The smallest absolute Gasteiger partial charge is 0.387 e. The van der Waals surface area contributed by atoms with Crippen LogP contribution in [0.15, 0.2) is 12.7 Å². The van der Waals surface area contributed by atoms with Crippen LogP contribution in [-0.2, 0) is 27.7 Å². The zero-order chi connectivity index (χ0) is 26.6. The van der Waals surface area contributed by atoms with E-state index < -0.39 is 77.9 Å². The second kappa shape index (κ2) is 9.90. The minimum atomic E-state index is -4.87. The van der Waals surface area contributed by atoms with Crippen molar-refractivity contribution in [2.45, 2.75) is 49.1 Å². The molecule has 0 aromatic carbocycles. The van der Waals surface area contributed by atoms with Crippen molar-refractivity contribution in [1.29, 1.82) is 5.41 Å².